The zero-order valence-corrected chi connectivity index (χ0v) is 14.1. The Morgan fingerprint density at radius 1 is 1.50 bits per heavy atom. The van der Waals surface area contributed by atoms with E-state index in [1.54, 1.807) is 23.1 Å². The molecule has 0 atom stereocenters. The lowest BCUT2D eigenvalue weighted by molar-refractivity contribution is -0.118. The van der Waals surface area contributed by atoms with Crippen LogP contribution in [0.4, 0.5) is 0 Å². The highest BCUT2D eigenvalue weighted by Gasteiger charge is 2.30. The van der Waals surface area contributed by atoms with E-state index in [4.69, 9.17) is 5.73 Å². The lowest BCUT2D eigenvalue weighted by atomic mass is 10.3. The van der Waals surface area contributed by atoms with Crippen LogP contribution in [0, 0.1) is 0 Å². The van der Waals surface area contributed by atoms with Crippen LogP contribution in [0.15, 0.2) is 10.5 Å². The van der Waals surface area contributed by atoms with E-state index >= 15 is 0 Å². The number of nitrogens with zero attached hydrogens (tertiary/aromatic N) is 4. The quantitative estimate of drug-likeness (QED) is 0.747. The summed E-state index contributed by atoms with van der Waals surface area (Å²) in [6.45, 7) is 2.67. The number of nitrogens with two attached hydrogens (primary N) is 1. The van der Waals surface area contributed by atoms with E-state index in [1.165, 1.54) is 0 Å². The van der Waals surface area contributed by atoms with Crippen LogP contribution < -0.4 is 5.73 Å². The number of carbonyl (C=O) groups excluding carboxylic acids is 1. The summed E-state index contributed by atoms with van der Waals surface area (Å²) < 4.78 is 2.06. The van der Waals surface area contributed by atoms with Crippen LogP contribution in [-0.4, -0.2) is 25.7 Å². The highest BCUT2D eigenvalue weighted by molar-refractivity contribution is 7.98. The van der Waals surface area contributed by atoms with E-state index in [2.05, 4.69) is 32.1 Å². The van der Waals surface area contributed by atoms with E-state index in [-0.39, 0.29) is 5.91 Å². The van der Waals surface area contributed by atoms with E-state index < -0.39 is 0 Å². The summed E-state index contributed by atoms with van der Waals surface area (Å²) in [5, 5.41) is 12.7. The van der Waals surface area contributed by atoms with E-state index in [9.17, 15) is 4.79 Å². The van der Waals surface area contributed by atoms with Gasteiger partial charge in [-0.1, -0.05) is 18.7 Å². The molecule has 1 aliphatic rings. The molecular weight excluding hydrogens is 318 g/mol. The number of aromatic nitrogens is 4. The van der Waals surface area contributed by atoms with Crippen molar-refractivity contribution in [2.24, 2.45) is 5.73 Å². The fourth-order valence-corrected chi connectivity index (χ4v) is 3.91. The Hall–Kier alpha value is -1.41. The van der Waals surface area contributed by atoms with Crippen molar-refractivity contribution >= 4 is 29.0 Å². The lowest BCUT2D eigenvalue weighted by Gasteiger charge is -2.08. The number of amides is 1. The number of hydrogen-bond donors (Lipinski definition) is 1. The zero-order valence-electron chi connectivity index (χ0n) is 12.5. The molecule has 118 valence electrons. The third-order valence-corrected chi connectivity index (χ3v) is 5.56. The fraction of sp³-hybridized carbons (Fsp3) is 0.571. The van der Waals surface area contributed by atoms with Gasteiger partial charge in [0, 0.05) is 30.0 Å². The second-order valence-electron chi connectivity index (χ2n) is 5.36. The van der Waals surface area contributed by atoms with Crippen LogP contribution in [0.5, 0.6) is 0 Å². The Kier molecular flexibility index (Phi) is 4.77. The molecule has 2 aromatic rings. The average molecular weight is 337 g/mol. The van der Waals surface area contributed by atoms with E-state index in [0.29, 0.717) is 18.9 Å². The van der Waals surface area contributed by atoms with Gasteiger partial charge in [0.15, 0.2) is 5.16 Å². The molecule has 2 heterocycles. The highest BCUT2D eigenvalue weighted by Crippen LogP contribution is 2.40. The van der Waals surface area contributed by atoms with Gasteiger partial charge in [0.1, 0.15) is 5.82 Å². The first-order valence-corrected chi connectivity index (χ1v) is 9.31. The van der Waals surface area contributed by atoms with Crippen LogP contribution in [-0.2, 0) is 23.5 Å². The maximum Gasteiger partial charge on any atom is 0.219 e. The van der Waals surface area contributed by atoms with Gasteiger partial charge in [0.05, 0.1) is 10.7 Å². The van der Waals surface area contributed by atoms with Gasteiger partial charge >= 0.3 is 0 Å². The van der Waals surface area contributed by atoms with Crippen molar-refractivity contribution in [2.75, 3.05) is 0 Å². The molecule has 0 radical (unpaired) electrons. The maximum absolute atomic E-state index is 11.1. The molecule has 1 fully saturated rings. The lowest BCUT2D eigenvalue weighted by Crippen LogP contribution is -2.15. The molecule has 0 saturated heterocycles. The van der Waals surface area contributed by atoms with Crippen molar-refractivity contribution in [3.05, 3.63) is 21.9 Å². The average Bonchev–Trinajstić information content (AvgIpc) is 3.11. The fourth-order valence-electron chi connectivity index (χ4n) is 2.20. The maximum atomic E-state index is 11.1. The summed E-state index contributed by atoms with van der Waals surface area (Å²) in [5.74, 6) is 1.98. The molecule has 0 spiro atoms. The third-order valence-electron chi connectivity index (χ3n) is 3.52. The molecule has 1 amide bonds. The summed E-state index contributed by atoms with van der Waals surface area (Å²) in [5.41, 5.74) is 6.35. The number of aryl methyl sites for hydroxylation is 1. The van der Waals surface area contributed by atoms with Crippen molar-refractivity contribution in [2.45, 2.75) is 56.0 Å². The zero-order chi connectivity index (χ0) is 15.5. The Morgan fingerprint density at radius 2 is 2.32 bits per heavy atom. The summed E-state index contributed by atoms with van der Waals surface area (Å²) in [7, 11) is 0. The monoisotopic (exact) mass is 337 g/mol. The molecule has 6 nitrogen and oxygen atoms in total. The molecule has 0 unspecified atom stereocenters. The normalized spacial score (nSPS) is 14.4. The predicted octanol–water partition coefficient (Wildman–Crippen LogP) is 2.34. The summed E-state index contributed by atoms with van der Waals surface area (Å²) >= 11 is 3.32. The first-order chi connectivity index (χ1) is 10.7. The first kappa shape index (κ1) is 15.5. The van der Waals surface area contributed by atoms with Crippen LogP contribution in [0.1, 0.15) is 48.6 Å². The molecule has 0 bridgehead atoms. The predicted molar refractivity (Wildman–Crippen MR) is 86.9 cm³/mol. The van der Waals surface area contributed by atoms with Gasteiger partial charge in [0.2, 0.25) is 5.91 Å². The molecular formula is C14H19N5OS2. The molecule has 0 aliphatic heterocycles. The van der Waals surface area contributed by atoms with Crippen molar-refractivity contribution in [1.29, 1.82) is 0 Å². The van der Waals surface area contributed by atoms with Crippen molar-refractivity contribution in [3.63, 3.8) is 0 Å². The molecule has 2 aromatic heterocycles. The van der Waals surface area contributed by atoms with Crippen LogP contribution in [0.2, 0.25) is 0 Å². The number of thiazole rings is 1. The molecule has 8 heteroatoms. The minimum atomic E-state index is -0.293. The van der Waals surface area contributed by atoms with Crippen molar-refractivity contribution in [3.8, 4) is 0 Å². The number of rotatable bonds is 8. The van der Waals surface area contributed by atoms with Crippen molar-refractivity contribution in [1.82, 2.24) is 19.7 Å². The Labute approximate surface area is 137 Å². The second-order valence-corrected chi connectivity index (χ2v) is 7.24. The summed E-state index contributed by atoms with van der Waals surface area (Å²) in [6.07, 6.45) is 3.61. The standard InChI is InChI=1S/C14H19N5OS2/c1-2-12-16-10(7-21-12)8-22-14-18-17-13(9-3-4-9)19(14)6-5-11(15)20/h7,9H,2-6,8H2,1H3,(H2,15,20). The molecule has 0 aromatic carbocycles. The van der Waals surface area contributed by atoms with Crippen molar-refractivity contribution < 1.29 is 4.79 Å². The van der Waals surface area contributed by atoms with Crippen LogP contribution >= 0.6 is 23.1 Å². The summed E-state index contributed by atoms with van der Waals surface area (Å²) in [6, 6.07) is 0. The van der Waals surface area contributed by atoms with Crippen LogP contribution in [0.25, 0.3) is 0 Å². The number of hydrogen-bond acceptors (Lipinski definition) is 6. The molecule has 3 rings (SSSR count). The van der Waals surface area contributed by atoms with Gasteiger partial charge in [0.25, 0.3) is 0 Å². The number of thioether (sulfide) groups is 1. The third kappa shape index (κ3) is 3.67. The summed E-state index contributed by atoms with van der Waals surface area (Å²) in [4.78, 5) is 15.6. The largest absolute Gasteiger partial charge is 0.370 e. The van der Waals surface area contributed by atoms with Crippen LogP contribution in [0.3, 0.4) is 0 Å². The van der Waals surface area contributed by atoms with Gasteiger partial charge in [-0.3, -0.25) is 4.79 Å². The van der Waals surface area contributed by atoms with E-state index in [1.807, 2.05) is 0 Å². The Morgan fingerprint density at radius 3 is 2.95 bits per heavy atom. The van der Waals surface area contributed by atoms with Gasteiger partial charge < -0.3 is 10.3 Å². The molecule has 22 heavy (non-hydrogen) atoms. The minimum Gasteiger partial charge on any atom is -0.370 e. The Bertz CT molecular complexity index is 662. The van der Waals surface area contributed by atoms with Gasteiger partial charge in [-0.25, -0.2) is 4.98 Å². The first-order valence-electron chi connectivity index (χ1n) is 7.44. The molecule has 2 N–H and O–H groups in total. The van der Waals surface area contributed by atoms with Gasteiger partial charge in [-0.15, -0.1) is 21.5 Å². The number of carbonyl (C=O) groups is 1. The second kappa shape index (κ2) is 6.78. The topological polar surface area (TPSA) is 86.7 Å². The molecule has 1 saturated carbocycles. The SMILES string of the molecule is CCc1nc(CSc2nnc(C3CC3)n2CCC(N)=O)cs1. The smallest absolute Gasteiger partial charge is 0.219 e. The van der Waals surface area contributed by atoms with E-state index in [0.717, 1.165) is 46.7 Å². The Balaban J connectivity index is 1.70. The van der Waals surface area contributed by atoms with Gasteiger partial charge in [-0.2, -0.15) is 0 Å². The minimum absolute atomic E-state index is 0.293. The highest BCUT2D eigenvalue weighted by atomic mass is 32.2. The molecule has 1 aliphatic carbocycles. The number of primary amides is 1. The van der Waals surface area contributed by atoms with Gasteiger partial charge in [-0.05, 0) is 19.3 Å².